The first-order valence-electron chi connectivity index (χ1n) is 9.01. The average molecular weight is 376 g/mol. The molecule has 2 rings (SSSR count). The molecule has 1 aliphatic heterocycles. The Bertz CT molecular complexity index is 709. The lowest BCUT2D eigenvalue weighted by Crippen LogP contribution is -2.41. The highest BCUT2D eigenvalue weighted by atomic mass is 16.7. The number of alkyl carbamates (subject to hydrolysis) is 1. The molecule has 0 atom stereocenters. The van der Waals surface area contributed by atoms with Gasteiger partial charge in [0, 0.05) is 18.2 Å². The van der Waals surface area contributed by atoms with Crippen LogP contribution in [0.3, 0.4) is 0 Å². The van der Waals surface area contributed by atoms with E-state index in [1.165, 1.54) is 12.4 Å². The van der Waals surface area contributed by atoms with Gasteiger partial charge in [-0.25, -0.2) is 4.79 Å². The minimum Gasteiger partial charge on any atom is -0.619 e. The van der Waals surface area contributed by atoms with Gasteiger partial charge in [-0.1, -0.05) is 6.08 Å². The summed E-state index contributed by atoms with van der Waals surface area (Å²) in [5.74, 6) is 0. The number of hydrogen-bond donors (Lipinski definition) is 1. The van der Waals surface area contributed by atoms with Crippen molar-refractivity contribution < 1.29 is 23.6 Å². The number of nitrogens with one attached hydrogen (secondary N) is 1. The number of carbonyl (C=O) groups is 1. The van der Waals surface area contributed by atoms with Crippen LogP contribution >= 0.6 is 0 Å². The summed E-state index contributed by atoms with van der Waals surface area (Å²) in [5, 5.41) is 14.3. The molecule has 0 aromatic carbocycles. The van der Waals surface area contributed by atoms with Crippen LogP contribution in [0.1, 0.15) is 54.0 Å². The van der Waals surface area contributed by atoms with Crippen LogP contribution in [0.15, 0.2) is 30.0 Å². The summed E-state index contributed by atoms with van der Waals surface area (Å²) in [6.45, 7) is 13.4. The summed E-state index contributed by atoms with van der Waals surface area (Å²) >= 11 is 0. The van der Waals surface area contributed by atoms with Crippen LogP contribution in [-0.4, -0.2) is 36.6 Å². The van der Waals surface area contributed by atoms with Gasteiger partial charge in [-0.15, -0.1) is 0 Å². The second kappa shape index (κ2) is 7.52. The van der Waals surface area contributed by atoms with Crippen LogP contribution in [-0.2, 0) is 14.0 Å². The van der Waals surface area contributed by atoms with Gasteiger partial charge in [-0.2, -0.15) is 4.73 Å². The predicted molar refractivity (Wildman–Crippen MR) is 104 cm³/mol. The number of amides is 1. The van der Waals surface area contributed by atoms with Gasteiger partial charge in [0.15, 0.2) is 12.4 Å². The Morgan fingerprint density at radius 1 is 1.30 bits per heavy atom. The first-order chi connectivity index (χ1) is 12.3. The molecule has 0 spiro atoms. The molecule has 1 amide bonds. The highest BCUT2D eigenvalue weighted by Gasteiger charge is 2.52. The van der Waals surface area contributed by atoms with Crippen LogP contribution in [0.25, 0.3) is 6.08 Å². The first-order valence-corrected chi connectivity index (χ1v) is 9.01. The second-order valence-corrected chi connectivity index (χ2v) is 8.66. The standard InChI is InChI=1S/C19H29BN2O5/c1-17(2,3)25-16(23)21-12-15(11-14-9-8-10-22(24)13-14)20-26-18(4,5)19(6,7)27-20/h8-11,13H,12H2,1-7H3,(H,21,23). The van der Waals surface area contributed by atoms with E-state index in [0.717, 1.165) is 4.73 Å². The predicted octanol–water partition coefficient (Wildman–Crippen LogP) is 2.86. The molecule has 1 N–H and O–H groups in total. The molecule has 1 aromatic heterocycles. The van der Waals surface area contributed by atoms with Gasteiger partial charge >= 0.3 is 13.2 Å². The van der Waals surface area contributed by atoms with Crippen LogP contribution in [0.2, 0.25) is 0 Å². The highest BCUT2D eigenvalue weighted by molar-refractivity contribution is 6.56. The number of carbonyl (C=O) groups excluding carboxylic acids is 1. The monoisotopic (exact) mass is 376 g/mol. The third kappa shape index (κ3) is 5.71. The molecule has 0 aliphatic carbocycles. The van der Waals surface area contributed by atoms with Gasteiger partial charge in [0.05, 0.1) is 11.2 Å². The quantitative estimate of drug-likeness (QED) is 0.496. The van der Waals surface area contributed by atoms with Crippen molar-refractivity contribution in [2.75, 3.05) is 6.54 Å². The summed E-state index contributed by atoms with van der Waals surface area (Å²) in [5.41, 5.74) is -0.254. The first kappa shape index (κ1) is 21.2. The largest absolute Gasteiger partial charge is 0.619 e. The zero-order valence-corrected chi connectivity index (χ0v) is 17.2. The molecule has 0 unspecified atom stereocenters. The Labute approximate surface area is 161 Å². The summed E-state index contributed by atoms with van der Waals surface area (Å²) in [6.07, 6.45) is 4.11. The third-order valence-corrected chi connectivity index (χ3v) is 4.54. The van der Waals surface area contributed by atoms with E-state index >= 15 is 0 Å². The molecule has 0 radical (unpaired) electrons. The molecule has 27 heavy (non-hydrogen) atoms. The normalized spacial score (nSPS) is 19.1. The fourth-order valence-corrected chi connectivity index (χ4v) is 2.46. The number of hydrogen-bond acceptors (Lipinski definition) is 5. The van der Waals surface area contributed by atoms with Crippen molar-refractivity contribution in [2.24, 2.45) is 0 Å². The number of pyridine rings is 1. The van der Waals surface area contributed by atoms with Crippen molar-refractivity contribution >= 4 is 19.3 Å². The van der Waals surface area contributed by atoms with E-state index < -0.39 is 30.0 Å². The van der Waals surface area contributed by atoms with E-state index in [1.54, 1.807) is 39.0 Å². The van der Waals surface area contributed by atoms with Crippen LogP contribution in [0.5, 0.6) is 0 Å². The fraction of sp³-hybridized carbons (Fsp3) is 0.579. The number of aromatic nitrogens is 1. The zero-order valence-electron chi connectivity index (χ0n) is 17.2. The molecule has 1 aromatic rings. The van der Waals surface area contributed by atoms with E-state index in [-0.39, 0.29) is 6.54 Å². The van der Waals surface area contributed by atoms with Crippen molar-refractivity contribution in [2.45, 2.75) is 65.3 Å². The Kier molecular flexibility index (Phi) is 5.92. The maximum atomic E-state index is 12.0. The Morgan fingerprint density at radius 2 is 1.89 bits per heavy atom. The molecule has 8 heteroatoms. The lowest BCUT2D eigenvalue weighted by atomic mass is 9.77. The number of nitrogens with zero attached hydrogens (tertiary/aromatic N) is 1. The van der Waals surface area contributed by atoms with E-state index in [0.29, 0.717) is 11.0 Å². The summed E-state index contributed by atoms with van der Waals surface area (Å²) in [4.78, 5) is 12.0. The van der Waals surface area contributed by atoms with Gasteiger partial charge in [0.1, 0.15) is 5.60 Å². The fourth-order valence-electron chi connectivity index (χ4n) is 2.46. The number of rotatable bonds is 4. The van der Waals surface area contributed by atoms with Crippen LogP contribution < -0.4 is 10.0 Å². The lowest BCUT2D eigenvalue weighted by Gasteiger charge is -2.32. The van der Waals surface area contributed by atoms with Crippen LogP contribution in [0.4, 0.5) is 4.79 Å². The molecule has 1 fully saturated rings. The molecular formula is C19H29BN2O5. The Balaban J connectivity index is 2.23. The maximum Gasteiger partial charge on any atom is 0.492 e. The van der Waals surface area contributed by atoms with E-state index in [2.05, 4.69) is 5.32 Å². The van der Waals surface area contributed by atoms with Gasteiger partial charge < -0.3 is 24.6 Å². The Morgan fingerprint density at radius 3 is 2.41 bits per heavy atom. The van der Waals surface area contributed by atoms with Gasteiger partial charge in [-0.3, -0.25) is 0 Å². The SMILES string of the molecule is CC(C)(C)OC(=O)NCC(=Cc1ccc[n+]([O-])c1)B1OC(C)(C)C(C)(C)O1. The van der Waals surface area contributed by atoms with E-state index in [1.807, 2.05) is 27.7 Å². The molecule has 0 bridgehead atoms. The van der Waals surface area contributed by atoms with Crippen molar-refractivity contribution in [3.8, 4) is 0 Å². The van der Waals surface area contributed by atoms with Crippen molar-refractivity contribution in [3.63, 3.8) is 0 Å². The molecule has 1 saturated heterocycles. The second-order valence-electron chi connectivity index (χ2n) is 8.66. The molecule has 2 heterocycles. The van der Waals surface area contributed by atoms with Gasteiger partial charge in [-0.05, 0) is 60.0 Å². The summed E-state index contributed by atoms with van der Waals surface area (Å²) in [7, 11) is -0.648. The lowest BCUT2D eigenvalue weighted by molar-refractivity contribution is -0.605. The minimum atomic E-state index is -0.648. The highest BCUT2D eigenvalue weighted by Crippen LogP contribution is 2.38. The summed E-state index contributed by atoms with van der Waals surface area (Å²) in [6, 6.07) is 3.45. The van der Waals surface area contributed by atoms with Crippen molar-refractivity contribution in [1.29, 1.82) is 0 Å². The third-order valence-electron chi connectivity index (χ3n) is 4.54. The van der Waals surface area contributed by atoms with Gasteiger partial charge in [0.2, 0.25) is 0 Å². The maximum absolute atomic E-state index is 12.0. The Hall–Kier alpha value is -2.06. The topological polar surface area (TPSA) is 83.7 Å². The average Bonchev–Trinajstić information content (AvgIpc) is 2.70. The van der Waals surface area contributed by atoms with E-state index in [4.69, 9.17) is 14.0 Å². The van der Waals surface area contributed by atoms with Crippen molar-refractivity contribution in [1.82, 2.24) is 5.32 Å². The molecular weight excluding hydrogens is 347 g/mol. The molecule has 7 nitrogen and oxygen atoms in total. The molecule has 1 aliphatic rings. The van der Waals surface area contributed by atoms with Gasteiger partial charge in [0.25, 0.3) is 0 Å². The minimum absolute atomic E-state index is 0.166. The van der Waals surface area contributed by atoms with E-state index in [9.17, 15) is 10.0 Å². The van der Waals surface area contributed by atoms with Crippen LogP contribution in [0, 0.1) is 5.21 Å². The number of ether oxygens (including phenoxy) is 1. The molecule has 148 valence electrons. The summed E-state index contributed by atoms with van der Waals surface area (Å²) < 4.78 is 18.2. The smallest absolute Gasteiger partial charge is 0.492 e. The zero-order chi connectivity index (χ0) is 20.5. The van der Waals surface area contributed by atoms with Crippen molar-refractivity contribution in [3.05, 3.63) is 40.8 Å². The molecule has 0 saturated carbocycles.